The Hall–Kier alpha value is -1.77. The van der Waals surface area contributed by atoms with E-state index in [-0.39, 0.29) is 6.07 Å². The lowest BCUT2D eigenvalue weighted by atomic mass is 10.1. The molecule has 0 amide bonds. The average molecular weight is 602 g/mol. The second kappa shape index (κ2) is 13.3. The first-order valence-corrected chi connectivity index (χ1v) is 13.0. The van der Waals surface area contributed by atoms with Crippen molar-refractivity contribution in [3.63, 3.8) is 0 Å². The minimum Gasteiger partial charge on any atom is -0.274 e. The highest BCUT2D eigenvalue weighted by molar-refractivity contribution is 8.27. The first kappa shape index (κ1) is 35.2. The minimum atomic E-state index is -5.69. The number of hydrogen-bond acceptors (Lipinski definition) is 3. The Bertz CT molecular complexity index is 1100. The van der Waals surface area contributed by atoms with Crippen molar-refractivity contribution >= 4 is 45.5 Å². The van der Waals surface area contributed by atoms with Crippen LogP contribution >= 0.6 is 33.8 Å². The van der Waals surface area contributed by atoms with Gasteiger partial charge in [-0.25, -0.2) is 8.78 Å². The van der Waals surface area contributed by atoms with Crippen LogP contribution in [0.15, 0.2) is 65.4 Å². The number of alkyl halides is 8. The standard InChI is InChI=1S/C14H13F10NS2.C7H8S.C2H4/c1-25-27(2,3)14(23,24)12(19,20)7-11(17,18)13(21,22)26-10-5-4-8(15)6-9(10)16;1-6-2-4-7(8)5-3-6;1-2/h4-6,25H,2-3,7H2,1H3;2-5,8H,1H3;1-2H2. The molecular formula is C23H25F10NS3. The number of nitrogens with one attached hydrogen (secondary N) is 1. The topological polar surface area (TPSA) is 12.0 Å². The van der Waals surface area contributed by atoms with Crippen molar-refractivity contribution in [2.24, 2.45) is 0 Å². The van der Waals surface area contributed by atoms with E-state index in [4.69, 9.17) is 0 Å². The molecule has 0 saturated carbocycles. The van der Waals surface area contributed by atoms with E-state index in [2.05, 4.69) is 44.5 Å². The zero-order chi connectivity index (χ0) is 29.5. The van der Waals surface area contributed by atoms with Crippen LogP contribution in [0, 0.1) is 18.6 Å². The van der Waals surface area contributed by atoms with Crippen LogP contribution in [0.4, 0.5) is 43.9 Å². The van der Waals surface area contributed by atoms with E-state index in [0.29, 0.717) is 12.1 Å². The van der Waals surface area contributed by atoms with Crippen molar-refractivity contribution in [3.05, 3.63) is 72.8 Å². The van der Waals surface area contributed by atoms with Gasteiger partial charge in [-0.05, 0) is 50.0 Å². The SMILES string of the molecule is C=C.C=S(=C)(NC)C(F)(F)C(F)(F)CC(F)(F)C(F)(F)Sc1ccc(F)cc1F.Cc1ccc(S)cc1. The Kier molecular flexibility index (Phi) is 12.7. The van der Waals surface area contributed by atoms with Gasteiger partial charge in [0.25, 0.3) is 0 Å². The summed E-state index contributed by atoms with van der Waals surface area (Å²) in [6.07, 6.45) is -3.25. The van der Waals surface area contributed by atoms with Gasteiger partial charge in [-0.2, -0.15) is 35.1 Å². The Morgan fingerprint density at radius 1 is 0.865 bits per heavy atom. The Morgan fingerprint density at radius 3 is 1.76 bits per heavy atom. The molecule has 2 aromatic carbocycles. The second-order valence-electron chi connectivity index (χ2n) is 7.22. The molecule has 0 unspecified atom stereocenters. The maximum atomic E-state index is 13.8. The molecule has 37 heavy (non-hydrogen) atoms. The minimum absolute atomic E-state index is 0.107. The quantitative estimate of drug-likeness (QED) is 0.103. The van der Waals surface area contributed by atoms with Crippen molar-refractivity contribution in [1.82, 2.24) is 4.72 Å². The van der Waals surface area contributed by atoms with Gasteiger partial charge in [-0.15, -0.1) is 25.8 Å². The Labute approximate surface area is 219 Å². The van der Waals surface area contributed by atoms with E-state index >= 15 is 0 Å². The highest BCUT2D eigenvalue weighted by Gasteiger charge is 2.68. The fourth-order valence-corrected chi connectivity index (χ4v) is 4.05. The van der Waals surface area contributed by atoms with Gasteiger partial charge in [0, 0.05) is 15.9 Å². The molecule has 0 heterocycles. The molecule has 1 nitrogen and oxygen atoms in total. The first-order valence-electron chi connectivity index (χ1n) is 9.77. The van der Waals surface area contributed by atoms with E-state index in [1.54, 1.807) is 4.72 Å². The molecule has 210 valence electrons. The summed E-state index contributed by atoms with van der Waals surface area (Å²) in [6.45, 7) is 8.06. The van der Waals surface area contributed by atoms with E-state index in [1.165, 1.54) is 5.56 Å². The number of hydrogen-bond donors (Lipinski definition) is 2. The zero-order valence-electron chi connectivity index (χ0n) is 19.6. The molecule has 0 bridgehead atoms. The summed E-state index contributed by atoms with van der Waals surface area (Å²) in [4.78, 5) is -0.156. The number of thiol groups is 1. The lowest BCUT2D eigenvalue weighted by molar-refractivity contribution is -0.234. The molecular weight excluding hydrogens is 576 g/mol. The van der Waals surface area contributed by atoms with Gasteiger partial charge in [-0.3, -0.25) is 4.72 Å². The van der Waals surface area contributed by atoms with Crippen LogP contribution in [0.2, 0.25) is 0 Å². The lowest BCUT2D eigenvalue weighted by Crippen LogP contribution is -2.50. The van der Waals surface area contributed by atoms with E-state index in [1.807, 2.05) is 24.3 Å². The molecule has 2 aromatic rings. The van der Waals surface area contributed by atoms with Crippen LogP contribution in [0.1, 0.15) is 12.0 Å². The number of halogens is 10. The molecule has 0 radical (unpaired) electrons. The predicted molar refractivity (Wildman–Crippen MR) is 137 cm³/mol. The largest absolute Gasteiger partial charge is 0.360 e. The molecule has 2 rings (SSSR count). The zero-order valence-corrected chi connectivity index (χ0v) is 22.1. The van der Waals surface area contributed by atoms with Gasteiger partial charge in [0.1, 0.15) is 11.6 Å². The fourth-order valence-electron chi connectivity index (χ4n) is 2.21. The maximum absolute atomic E-state index is 13.8. The molecule has 0 saturated heterocycles. The van der Waals surface area contributed by atoms with E-state index in [9.17, 15) is 43.9 Å². The van der Waals surface area contributed by atoms with Crippen LogP contribution in [0.3, 0.4) is 0 Å². The normalized spacial score (nSPS) is 12.7. The summed E-state index contributed by atoms with van der Waals surface area (Å²) in [5.41, 5.74) is 1.28. The van der Waals surface area contributed by atoms with Crippen molar-refractivity contribution in [3.8, 4) is 0 Å². The summed E-state index contributed by atoms with van der Waals surface area (Å²) in [5.74, 6) is -8.73. The van der Waals surface area contributed by atoms with Crippen molar-refractivity contribution < 1.29 is 43.9 Å². The Balaban J connectivity index is 0.00000108. The third-order valence-electron chi connectivity index (χ3n) is 4.34. The van der Waals surface area contributed by atoms with Crippen molar-refractivity contribution in [1.29, 1.82) is 0 Å². The summed E-state index contributed by atoms with van der Waals surface area (Å²) in [7, 11) is -3.39. The molecule has 0 aliphatic heterocycles. The van der Waals surface area contributed by atoms with Gasteiger partial charge >= 0.3 is 22.4 Å². The molecule has 0 spiro atoms. The predicted octanol–water partition coefficient (Wildman–Crippen LogP) is 8.79. The Morgan fingerprint density at radius 2 is 1.35 bits per heavy atom. The molecule has 0 aromatic heterocycles. The molecule has 0 aliphatic carbocycles. The van der Waals surface area contributed by atoms with Gasteiger partial charge in [0.15, 0.2) is 0 Å². The van der Waals surface area contributed by atoms with Gasteiger partial charge in [0.05, 0.1) is 6.42 Å². The maximum Gasteiger partial charge on any atom is 0.360 e. The molecule has 1 N–H and O–H groups in total. The first-order chi connectivity index (χ1) is 16.7. The number of thioether (sulfide) groups is 1. The molecule has 0 atom stereocenters. The third kappa shape index (κ3) is 9.18. The van der Waals surface area contributed by atoms with Gasteiger partial charge in [0.2, 0.25) is 0 Å². The molecule has 0 fully saturated rings. The highest BCUT2D eigenvalue weighted by Crippen LogP contribution is 2.57. The van der Waals surface area contributed by atoms with Crippen LogP contribution in [0.25, 0.3) is 0 Å². The van der Waals surface area contributed by atoms with Crippen molar-refractivity contribution in [2.45, 2.75) is 45.5 Å². The number of rotatable bonds is 8. The fraction of sp³-hybridized carbons (Fsp3) is 0.304. The summed E-state index contributed by atoms with van der Waals surface area (Å²) in [6, 6.07) is 9.02. The van der Waals surface area contributed by atoms with Gasteiger partial charge in [-0.1, -0.05) is 38.8 Å². The van der Waals surface area contributed by atoms with Crippen LogP contribution in [-0.4, -0.2) is 41.1 Å². The monoisotopic (exact) mass is 601 g/mol. The van der Waals surface area contributed by atoms with E-state index in [0.717, 1.165) is 11.9 Å². The lowest BCUT2D eigenvalue weighted by Gasteiger charge is -2.35. The third-order valence-corrected chi connectivity index (χ3v) is 7.81. The summed E-state index contributed by atoms with van der Waals surface area (Å²) in [5, 5.41) is -10.7. The summed E-state index contributed by atoms with van der Waals surface area (Å²) >= 11 is 2.94. The average Bonchev–Trinajstić information content (AvgIpc) is 2.78. The van der Waals surface area contributed by atoms with Crippen LogP contribution in [0.5, 0.6) is 0 Å². The molecule has 0 aliphatic rings. The second-order valence-corrected chi connectivity index (χ2v) is 11.6. The summed E-state index contributed by atoms with van der Waals surface area (Å²) < 4.78 is 138. The van der Waals surface area contributed by atoms with E-state index < -0.39 is 66.5 Å². The van der Waals surface area contributed by atoms with Crippen LogP contribution < -0.4 is 4.72 Å². The highest BCUT2D eigenvalue weighted by atomic mass is 32.2. The number of aryl methyl sites for hydroxylation is 1. The van der Waals surface area contributed by atoms with Gasteiger partial charge < -0.3 is 0 Å². The van der Waals surface area contributed by atoms with Crippen molar-refractivity contribution in [2.75, 3.05) is 7.05 Å². The van der Waals surface area contributed by atoms with Crippen LogP contribution in [-0.2, 0) is 0 Å². The number of benzene rings is 2. The smallest absolute Gasteiger partial charge is 0.274 e. The molecule has 14 heteroatoms.